The third-order valence-electron chi connectivity index (χ3n) is 3.02. The predicted octanol–water partition coefficient (Wildman–Crippen LogP) is 2.37. The van der Waals surface area contributed by atoms with Crippen LogP contribution in [0, 0.1) is 6.92 Å². The van der Waals surface area contributed by atoms with E-state index in [2.05, 4.69) is 15.6 Å². The van der Waals surface area contributed by atoms with Crippen LogP contribution in [0.5, 0.6) is 0 Å². The molecule has 0 atom stereocenters. The lowest BCUT2D eigenvalue weighted by Crippen LogP contribution is -2.37. The molecule has 2 aromatic rings. The van der Waals surface area contributed by atoms with Crippen molar-refractivity contribution in [1.82, 2.24) is 15.6 Å². The van der Waals surface area contributed by atoms with Gasteiger partial charge in [0.1, 0.15) is 10.7 Å². The van der Waals surface area contributed by atoms with Crippen LogP contribution in [0.25, 0.3) is 10.6 Å². The number of rotatable bonds is 6. The minimum absolute atomic E-state index is 0.0315. The maximum Gasteiger partial charge on any atom is 0.271 e. The molecule has 1 heterocycles. The fraction of sp³-hybridized carbons (Fsp3) is 0.312. The summed E-state index contributed by atoms with van der Waals surface area (Å²) in [6.07, 6.45) is 0.867. The molecular formula is C16H19N3O2S. The second kappa shape index (κ2) is 7.70. The molecule has 22 heavy (non-hydrogen) atoms. The van der Waals surface area contributed by atoms with Crippen molar-refractivity contribution >= 4 is 23.2 Å². The van der Waals surface area contributed by atoms with Gasteiger partial charge < -0.3 is 10.6 Å². The largest absolute Gasteiger partial charge is 0.355 e. The number of benzene rings is 1. The molecule has 2 N–H and O–H groups in total. The summed E-state index contributed by atoms with van der Waals surface area (Å²) in [5.41, 5.74) is 2.50. The Labute approximate surface area is 133 Å². The van der Waals surface area contributed by atoms with Gasteiger partial charge >= 0.3 is 0 Å². The molecular weight excluding hydrogens is 298 g/mol. The predicted molar refractivity (Wildman–Crippen MR) is 87.9 cm³/mol. The summed E-state index contributed by atoms with van der Waals surface area (Å²) in [6, 6.07) is 7.98. The van der Waals surface area contributed by atoms with Crippen LogP contribution in [0.15, 0.2) is 29.6 Å². The van der Waals surface area contributed by atoms with Crippen LogP contribution in [0.1, 0.15) is 29.4 Å². The smallest absolute Gasteiger partial charge is 0.271 e. The lowest BCUT2D eigenvalue weighted by molar-refractivity contribution is -0.120. The number of hydrogen-bond donors (Lipinski definition) is 2. The van der Waals surface area contributed by atoms with Gasteiger partial charge in [-0.25, -0.2) is 4.98 Å². The average Bonchev–Trinajstić information content (AvgIpc) is 3.01. The molecule has 0 aliphatic carbocycles. The van der Waals surface area contributed by atoms with Crippen molar-refractivity contribution < 1.29 is 9.59 Å². The number of carbonyl (C=O) groups excluding carboxylic acids is 2. The molecule has 0 aliphatic heterocycles. The molecule has 6 heteroatoms. The van der Waals surface area contributed by atoms with Gasteiger partial charge in [-0.3, -0.25) is 9.59 Å². The van der Waals surface area contributed by atoms with E-state index >= 15 is 0 Å². The summed E-state index contributed by atoms with van der Waals surface area (Å²) in [7, 11) is 0. The maximum absolute atomic E-state index is 12.0. The molecule has 1 aromatic heterocycles. The van der Waals surface area contributed by atoms with Crippen LogP contribution in [0.2, 0.25) is 0 Å². The molecule has 0 unspecified atom stereocenters. The van der Waals surface area contributed by atoms with Gasteiger partial charge in [0.2, 0.25) is 5.91 Å². The second-order valence-corrected chi connectivity index (χ2v) is 5.79. The number of nitrogens with one attached hydrogen (secondary N) is 2. The first-order chi connectivity index (χ1) is 10.6. The molecule has 2 amide bonds. The summed E-state index contributed by atoms with van der Waals surface area (Å²) in [6.45, 7) is 4.58. The van der Waals surface area contributed by atoms with E-state index < -0.39 is 0 Å². The molecule has 0 radical (unpaired) electrons. The molecule has 0 saturated carbocycles. The van der Waals surface area contributed by atoms with Crippen LogP contribution >= 0.6 is 11.3 Å². The number of nitrogens with zero attached hydrogens (tertiary/aromatic N) is 1. The van der Waals surface area contributed by atoms with Crippen LogP contribution in [0.4, 0.5) is 0 Å². The second-order valence-electron chi connectivity index (χ2n) is 4.94. The van der Waals surface area contributed by atoms with Crippen molar-refractivity contribution in [2.45, 2.75) is 20.3 Å². The first-order valence-corrected chi connectivity index (χ1v) is 8.05. The quantitative estimate of drug-likeness (QED) is 0.859. The Bertz CT molecular complexity index is 650. The van der Waals surface area contributed by atoms with E-state index in [0.29, 0.717) is 12.2 Å². The Kier molecular flexibility index (Phi) is 5.66. The Morgan fingerprint density at radius 2 is 1.91 bits per heavy atom. The summed E-state index contributed by atoms with van der Waals surface area (Å²) in [5, 5.41) is 7.77. The van der Waals surface area contributed by atoms with Crippen molar-refractivity contribution in [2.75, 3.05) is 13.1 Å². The van der Waals surface area contributed by atoms with Crippen LogP contribution in [-0.2, 0) is 4.79 Å². The topological polar surface area (TPSA) is 71.1 Å². The zero-order valence-corrected chi connectivity index (χ0v) is 13.5. The Hall–Kier alpha value is -2.21. The van der Waals surface area contributed by atoms with E-state index in [9.17, 15) is 9.59 Å². The third kappa shape index (κ3) is 4.39. The Morgan fingerprint density at radius 1 is 1.18 bits per heavy atom. The van der Waals surface area contributed by atoms with Crippen molar-refractivity contribution in [3.05, 3.63) is 40.9 Å². The number of hydrogen-bond acceptors (Lipinski definition) is 4. The third-order valence-corrected chi connectivity index (χ3v) is 3.91. The van der Waals surface area contributed by atoms with Gasteiger partial charge in [0.15, 0.2) is 0 Å². The number of thiazole rings is 1. The normalized spacial score (nSPS) is 10.3. The SMILES string of the molecule is CCCNC(=O)CNC(=O)c1csc(-c2ccc(C)cc2)n1. The minimum Gasteiger partial charge on any atom is -0.355 e. The highest BCUT2D eigenvalue weighted by Gasteiger charge is 2.12. The fourth-order valence-electron chi connectivity index (χ4n) is 1.78. The van der Waals surface area contributed by atoms with Crippen molar-refractivity contribution in [1.29, 1.82) is 0 Å². The molecule has 0 spiro atoms. The minimum atomic E-state index is -0.332. The van der Waals surface area contributed by atoms with Gasteiger partial charge in [-0.1, -0.05) is 36.8 Å². The van der Waals surface area contributed by atoms with Gasteiger partial charge in [-0.05, 0) is 13.3 Å². The molecule has 0 aliphatic rings. The van der Waals surface area contributed by atoms with Gasteiger partial charge in [0.05, 0.1) is 6.54 Å². The molecule has 0 bridgehead atoms. The first kappa shape index (κ1) is 16.2. The molecule has 1 aromatic carbocycles. The average molecular weight is 317 g/mol. The monoisotopic (exact) mass is 317 g/mol. The number of aromatic nitrogens is 1. The van der Waals surface area contributed by atoms with E-state index in [4.69, 9.17) is 0 Å². The van der Waals surface area contributed by atoms with E-state index in [-0.39, 0.29) is 18.4 Å². The highest BCUT2D eigenvalue weighted by Crippen LogP contribution is 2.23. The first-order valence-electron chi connectivity index (χ1n) is 7.17. The summed E-state index contributed by atoms with van der Waals surface area (Å²) >= 11 is 1.41. The summed E-state index contributed by atoms with van der Waals surface area (Å²) < 4.78 is 0. The summed E-state index contributed by atoms with van der Waals surface area (Å²) in [5.74, 6) is -0.523. The van der Waals surface area contributed by atoms with Crippen molar-refractivity contribution in [3.63, 3.8) is 0 Å². The Morgan fingerprint density at radius 3 is 2.59 bits per heavy atom. The van der Waals surface area contributed by atoms with Gasteiger partial charge in [0, 0.05) is 17.5 Å². The number of carbonyl (C=O) groups is 2. The van der Waals surface area contributed by atoms with Crippen molar-refractivity contribution in [3.8, 4) is 10.6 Å². The van der Waals surface area contributed by atoms with E-state index in [0.717, 1.165) is 17.0 Å². The summed E-state index contributed by atoms with van der Waals surface area (Å²) in [4.78, 5) is 27.8. The van der Waals surface area contributed by atoms with E-state index in [1.54, 1.807) is 5.38 Å². The number of amides is 2. The Balaban J connectivity index is 1.94. The lowest BCUT2D eigenvalue weighted by atomic mass is 10.2. The van der Waals surface area contributed by atoms with Crippen LogP contribution < -0.4 is 10.6 Å². The lowest BCUT2D eigenvalue weighted by Gasteiger charge is -2.04. The fourth-order valence-corrected chi connectivity index (χ4v) is 2.59. The molecule has 0 fully saturated rings. The molecule has 116 valence electrons. The zero-order valence-electron chi connectivity index (χ0n) is 12.7. The highest BCUT2D eigenvalue weighted by molar-refractivity contribution is 7.13. The maximum atomic E-state index is 12.0. The molecule has 5 nitrogen and oxygen atoms in total. The number of aryl methyl sites for hydroxylation is 1. The van der Waals surface area contributed by atoms with Crippen molar-refractivity contribution in [2.24, 2.45) is 0 Å². The van der Waals surface area contributed by atoms with Gasteiger partial charge in [-0.2, -0.15) is 0 Å². The van der Waals surface area contributed by atoms with Crippen LogP contribution in [-0.4, -0.2) is 29.9 Å². The molecule has 2 rings (SSSR count). The van der Waals surface area contributed by atoms with Gasteiger partial charge in [-0.15, -0.1) is 11.3 Å². The highest BCUT2D eigenvalue weighted by atomic mass is 32.1. The van der Waals surface area contributed by atoms with E-state index in [1.165, 1.54) is 16.9 Å². The van der Waals surface area contributed by atoms with Crippen LogP contribution in [0.3, 0.4) is 0 Å². The molecule has 0 saturated heterocycles. The van der Waals surface area contributed by atoms with E-state index in [1.807, 2.05) is 38.1 Å². The standard InChI is InChI=1S/C16H19N3O2S/c1-3-8-17-14(20)9-18-15(21)13-10-22-16(19-13)12-6-4-11(2)5-7-12/h4-7,10H,3,8-9H2,1-2H3,(H,17,20)(H,18,21). The van der Waals surface area contributed by atoms with Gasteiger partial charge in [0.25, 0.3) is 5.91 Å². The zero-order chi connectivity index (χ0) is 15.9.